The van der Waals surface area contributed by atoms with Gasteiger partial charge in [-0.15, -0.1) is 0 Å². The number of benzene rings is 3. The average Bonchev–Trinajstić information content (AvgIpc) is 2.65. The second kappa shape index (κ2) is 8.15. The van der Waals surface area contributed by atoms with Gasteiger partial charge in [0, 0.05) is 17.1 Å². The van der Waals surface area contributed by atoms with Crippen molar-refractivity contribution < 1.29 is 9.13 Å². The molecule has 0 bridgehead atoms. The predicted molar refractivity (Wildman–Crippen MR) is 99.5 cm³/mol. The van der Waals surface area contributed by atoms with Crippen molar-refractivity contribution in [1.82, 2.24) is 5.32 Å². The van der Waals surface area contributed by atoms with E-state index in [4.69, 9.17) is 16.3 Å². The fourth-order valence-corrected chi connectivity index (χ4v) is 3.08. The van der Waals surface area contributed by atoms with Crippen LogP contribution in [-0.2, 0) is 6.54 Å². The van der Waals surface area contributed by atoms with Gasteiger partial charge in [0.2, 0.25) is 0 Å². The van der Waals surface area contributed by atoms with Gasteiger partial charge in [0.15, 0.2) is 0 Å². The van der Waals surface area contributed by atoms with Crippen molar-refractivity contribution in [2.75, 3.05) is 7.11 Å². The van der Waals surface area contributed by atoms with Gasteiger partial charge >= 0.3 is 0 Å². The Morgan fingerprint density at radius 2 is 1.64 bits per heavy atom. The Morgan fingerprint density at radius 1 is 0.960 bits per heavy atom. The topological polar surface area (TPSA) is 21.3 Å². The van der Waals surface area contributed by atoms with Gasteiger partial charge in [0.05, 0.1) is 13.2 Å². The first-order chi connectivity index (χ1) is 12.2. The van der Waals surface area contributed by atoms with Crippen molar-refractivity contribution >= 4 is 11.6 Å². The Labute approximate surface area is 152 Å². The van der Waals surface area contributed by atoms with Crippen LogP contribution in [0.3, 0.4) is 0 Å². The molecule has 3 aromatic rings. The maximum absolute atomic E-state index is 13.3. The summed E-state index contributed by atoms with van der Waals surface area (Å²) in [5, 5.41) is 4.19. The van der Waals surface area contributed by atoms with Crippen molar-refractivity contribution in [2.45, 2.75) is 12.6 Å². The number of halogens is 2. The zero-order valence-corrected chi connectivity index (χ0v) is 14.6. The van der Waals surface area contributed by atoms with Crippen LogP contribution in [0.25, 0.3) is 0 Å². The van der Waals surface area contributed by atoms with E-state index < -0.39 is 0 Å². The Bertz CT molecular complexity index is 835. The van der Waals surface area contributed by atoms with Crippen molar-refractivity contribution in [2.24, 2.45) is 0 Å². The molecule has 0 fully saturated rings. The highest BCUT2D eigenvalue weighted by atomic mass is 35.5. The number of hydrogen-bond donors (Lipinski definition) is 1. The average molecular weight is 356 g/mol. The van der Waals surface area contributed by atoms with Crippen molar-refractivity contribution in [3.8, 4) is 5.75 Å². The Kier molecular flexibility index (Phi) is 5.69. The molecule has 0 aromatic heterocycles. The summed E-state index contributed by atoms with van der Waals surface area (Å²) >= 11 is 6.40. The summed E-state index contributed by atoms with van der Waals surface area (Å²) in [4.78, 5) is 0. The molecule has 25 heavy (non-hydrogen) atoms. The Morgan fingerprint density at radius 3 is 2.36 bits per heavy atom. The van der Waals surface area contributed by atoms with Crippen molar-refractivity contribution in [3.63, 3.8) is 0 Å². The minimum Gasteiger partial charge on any atom is -0.496 e. The fraction of sp³-hybridized carbons (Fsp3) is 0.143. The molecular weight excluding hydrogens is 337 g/mol. The third kappa shape index (κ3) is 4.19. The lowest BCUT2D eigenvalue weighted by atomic mass is 9.98. The maximum atomic E-state index is 13.3. The number of hydrogen-bond acceptors (Lipinski definition) is 2. The van der Waals surface area contributed by atoms with E-state index in [0.29, 0.717) is 11.6 Å². The van der Waals surface area contributed by atoms with Gasteiger partial charge < -0.3 is 10.1 Å². The van der Waals surface area contributed by atoms with Crippen LogP contribution < -0.4 is 10.1 Å². The van der Waals surface area contributed by atoms with E-state index in [9.17, 15) is 4.39 Å². The lowest BCUT2D eigenvalue weighted by Gasteiger charge is -2.22. The van der Waals surface area contributed by atoms with Crippen LogP contribution in [-0.4, -0.2) is 7.11 Å². The first kappa shape index (κ1) is 17.5. The molecule has 3 aromatic carbocycles. The number of rotatable bonds is 6. The molecule has 1 N–H and O–H groups in total. The lowest BCUT2D eigenvalue weighted by molar-refractivity contribution is 0.406. The second-order valence-electron chi connectivity index (χ2n) is 5.70. The monoisotopic (exact) mass is 355 g/mol. The molecular formula is C21H19ClFNO. The number of nitrogens with one attached hydrogen (secondary N) is 1. The first-order valence-corrected chi connectivity index (χ1v) is 8.42. The largest absolute Gasteiger partial charge is 0.496 e. The van der Waals surface area contributed by atoms with E-state index in [-0.39, 0.29) is 11.9 Å². The summed E-state index contributed by atoms with van der Waals surface area (Å²) in [6.07, 6.45) is 0. The Hall–Kier alpha value is -2.36. The van der Waals surface area contributed by atoms with Gasteiger partial charge in [-0.3, -0.25) is 0 Å². The predicted octanol–water partition coefficient (Wildman–Crippen LogP) is 5.37. The molecule has 0 unspecified atom stereocenters. The molecule has 2 nitrogen and oxygen atoms in total. The van der Waals surface area contributed by atoms with E-state index in [1.807, 2.05) is 48.5 Å². The van der Waals surface area contributed by atoms with Crippen molar-refractivity contribution in [1.29, 1.82) is 0 Å². The fourth-order valence-electron chi connectivity index (χ4n) is 2.83. The van der Waals surface area contributed by atoms with Crippen LogP contribution in [0.1, 0.15) is 22.7 Å². The maximum Gasteiger partial charge on any atom is 0.123 e. The highest BCUT2D eigenvalue weighted by Crippen LogP contribution is 2.29. The molecule has 0 amide bonds. The summed E-state index contributed by atoms with van der Waals surface area (Å²) in [6, 6.07) is 21.9. The SMILES string of the molecule is COc1ccccc1CN[C@@H](c1ccc(F)cc1)c1ccccc1Cl. The molecule has 0 spiro atoms. The summed E-state index contributed by atoms with van der Waals surface area (Å²) < 4.78 is 18.7. The van der Waals surface area contributed by atoms with Crippen LogP contribution in [0.4, 0.5) is 4.39 Å². The van der Waals surface area contributed by atoms with E-state index in [1.165, 1.54) is 12.1 Å². The van der Waals surface area contributed by atoms with Crippen LogP contribution in [0.5, 0.6) is 5.75 Å². The third-order valence-electron chi connectivity index (χ3n) is 4.11. The number of methoxy groups -OCH3 is 1. The molecule has 0 radical (unpaired) electrons. The van der Waals surface area contributed by atoms with Crippen LogP contribution >= 0.6 is 11.6 Å². The molecule has 3 rings (SSSR count). The van der Waals surface area contributed by atoms with Gasteiger partial charge in [0.25, 0.3) is 0 Å². The van der Waals surface area contributed by atoms with Crippen LogP contribution in [0.2, 0.25) is 5.02 Å². The molecule has 0 saturated carbocycles. The van der Waals surface area contributed by atoms with E-state index in [2.05, 4.69) is 5.32 Å². The number of ether oxygens (including phenoxy) is 1. The third-order valence-corrected chi connectivity index (χ3v) is 4.45. The van der Waals surface area contributed by atoms with Gasteiger partial charge in [-0.05, 0) is 35.4 Å². The van der Waals surface area contributed by atoms with E-state index in [1.54, 1.807) is 19.2 Å². The zero-order chi connectivity index (χ0) is 17.6. The van der Waals surface area contributed by atoms with Crippen LogP contribution in [0.15, 0.2) is 72.8 Å². The minimum atomic E-state index is -0.258. The summed E-state index contributed by atoms with van der Waals surface area (Å²) in [5.74, 6) is 0.568. The van der Waals surface area contributed by atoms with Crippen LogP contribution in [0, 0.1) is 5.82 Å². The molecule has 0 aliphatic heterocycles. The summed E-state index contributed by atoms with van der Waals surface area (Å²) in [7, 11) is 1.66. The molecule has 4 heteroatoms. The first-order valence-electron chi connectivity index (χ1n) is 8.04. The van der Waals surface area contributed by atoms with Gasteiger partial charge in [-0.25, -0.2) is 4.39 Å². The smallest absolute Gasteiger partial charge is 0.123 e. The normalized spacial score (nSPS) is 12.0. The van der Waals surface area contributed by atoms with Crippen molar-refractivity contribution in [3.05, 3.63) is 100 Å². The van der Waals surface area contributed by atoms with Gasteiger partial charge in [-0.1, -0.05) is 60.1 Å². The highest BCUT2D eigenvalue weighted by molar-refractivity contribution is 6.31. The lowest BCUT2D eigenvalue weighted by Crippen LogP contribution is -2.22. The standard InChI is InChI=1S/C21H19ClFNO/c1-25-20-9-5-2-6-16(20)14-24-21(15-10-12-17(23)13-11-15)18-7-3-4-8-19(18)22/h2-13,21,24H,14H2,1H3/t21-/m0/s1. The molecule has 1 atom stereocenters. The number of para-hydroxylation sites is 1. The summed E-state index contributed by atoms with van der Waals surface area (Å²) in [5.41, 5.74) is 2.94. The zero-order valence-electron chi connectivity index (χ0n) is 13.9. The van der Waals surface area contributed by atoms with E-state index >= 15 is 0 Å². The van der Waals surface area contributed by atoms with Gasteiger partial charge in [0.1, 0.15) is 11.6 Å². The van der Waals surface area contributed by atoms with Gasteiger partial charge in [-0.2, -0.15) is 0 Å². The summed E-state index contributed by atoms with van der Waals surface area (Å²) in [6.45, 7) is 0.595. The Balaban J connectivity index is 1.91. The highest BCUT2D eigenvalue weighted by Gasteiger charge is 2.17. The molecule has 0 aliphatic rings. The molecule has 0 aliphatic carbocycles. The quantitative estimate of drug-likeness (QED) is 0.642. The molecule has 0 heterocycles. The second-order valence-corrected chi connectivity index (χ2v) is 6.11. The molecule has 0 saturated heterocycles. The minimum absolute atomic E-state index is 0.154. The van der Waals surface area contributed by atoms with E-state index in [0.717, 1.165) is 22.4 Å². The molecule has 128 valence electrons.